The highest BCUT2D eigenvalue weighted by Gasteiger charge is 2.25. The van der Waals surface area contributed by atoms with Crippen molar-refractivity contribution in [3.05, 3.63) is 29.8 Å². The molecule has 0 radical (unpaired) electrons. The fraction of sp³-hybridized carbons (Fsp3) is 0.500. The number of carbonyl (C=O) groups is 1. The molecule has 0 spiro atoms. The SMILES string of the molecule is CCOC(=O)CN(CC)S(=O)(=O)c1ccc(C(C)O)cc1. The summed E-state index contributed by atoms with van der Waals surface area (Å²) in [6.07, 6.45) is -0.663. The van der Waals surface area contributed by atoms with Crippen LogP contribution in [0.2, 0.25) is 0 Å². The van der Waals surface area contributed by atoms with Crippen LogP contribution in [0.1, 0.15) is 32.4 Å². The first-order chi connectivity index (χ1) is 9.82. The van der Waals surface area contributed by atoms with Gasteiger partial charge in [0.15, 0.2) is 0 Å². The minimum absolute atomic E-state index is 0.0815. The van der Waals surface area contributed by atoms with Crippen molar-refractivity contribution in [2.24, 2.45) is 0 Å². The molecule has 0 heterocycles. The number of rotatable bonds is 7. The third-order valence-corrected chi connectivity index (χ3v) is 4.90. The van der Waals surface area contributed by atoms with Crippen LogP contribution in [0.3, 0.4) is 0 Å². The lowest BCUT2D eigenvalue weighted by atomic mass is 10.1. The van der Waals surface area contributed by atoms with Crippen LogP contribution < -0.4 is 0 Å². The van der Waals surface area contributed by atoms with Gasteiger partial charge in [-0.2, -0.15) is 4.31 Å². The second-order valence-corrected chi connectivity index (χ2v) is 6.42. The predicted molar refractivity (Wildman–Crippen MR) is 78.1 cm³/mol. The van der Waals surface area contributed by atoms with Gasteiger partial charge in [0.25, 0.3) is 0 Å². The molecule has 21 heavy (non-hydrogen) atoms. The van der Waals surface area contributed by atoms with E-state index in [1.807, 2.05) is 0 Å². The molecule has 0 aromatic heterocycles. The summed E-state index contributed by atoms with van der Waals surface area (Å²) in [6.45, 7) is 4.98. The second-order valence-electron chi connectivity index (χ2n) is 4.48. The van der Waals surface area contributed by atoms with Crippen LogP contribution in [-0.4, -0.2) is 43.5 Å². The fourth-order valence-corrected chi connectivity index (χ4v) is 3.18. The van der Waals surface area contributed by atoms with Crippen molar-refractivity contribution in [1.82, 2.24) is 4.31 Å². The molecule has 7 heteroatoms. The summed E-state index contributed by atoms with van der Waals surface area (Å²) in [5, 5.41) is 9.43. The number of hydrogen-bond acceptors (Lipinski definition) is 5. The van der Waals surface area contributed by atoms with Gasteiger partial charge in [-0.15, -0.1) is 0 Å². The number of aliphatic hydroxyl groups is 1. The van der Waals surface area contributed by atoms with E-state index in [2.05, 4.69) is 0 Å². The molecule has 0 saturated carbocycles. The Hall–Kier alpha value is -1.44. The van der Waals surface area contributed by atoms with Gasteiger partial charge in [0.1, 0.15) is 6.54 Å². The van der Waals surface area contributed by atoms with Gasteiger partial charge < -0.3 is 9.84 Å². The summed E-state index contributed by atoms with van der Waals surface area (Å²) >= 11 is 0. The molecule has 0 saturated heterocycles. The topological polar surface area (TPSA) is 83.9 Å². The number of likely N-dealkylation sites (N-methyl/N-ethyl adjacent to an activating group) is 1. The molecular formula is C14H21NO5S. The molecule has 1 aromatic carbocycles. The Bertz CT molecular complexity index is 566. The molecule has 1 atom stereocenters. The first-order valence-corrected chi connectivity index (χ1v) is 8.20. The molecule has 1 rings (SSSR count). The van der Waals surface area contributed by atoms with Gasteiger partial charge in [0.2, 0.25) is 10.0 Å². The van der Waals surface area contributed by atoms with Crippen molar-refractivity contribution < 1.29 is 23.1 Å². The van der Waals surface area contributed by atoms with Crippen molar-refractivity contribution in [1.29, 1.82) is 0 Å². The van der Waals surface area contributed by atoms with Crippen LogP contribution in [-0.2, 0) is 19.6 Å². The van der Waals surface area contributed by atoms with E-state index in [1.54, 1.807) is 32.9 Å². The Labute approximate surface area is 125 Å². The number of sulfonamides is 1. The first kappa shape index (κ1) is 17.6. The summed E-state index contributed by atoms with van der Waals surface area (Å²) in [5.41, 5.74) is 0.627. The molecule has 0 fully saturated rings. The highest BCUT2D eigenvalue weighted by molar-refractivity contribution is 7.89. The molecule has 1 unspecified atom stereocenters. The number of ether oxygens (including phenoxy) is 1. The van der Waals surface area contributed by atoms with Gasteiger partial charge in [0.05, 0.1) is 17.6 Å². The van der Waals surface area contributed by atoms with E-state index in [1.165, 1.54) is 12.1 Å². The van der Waals surface area contributed by atoms with Crippen LogP contribution >= 0.6 is 0 Å². The van der Waals surface area contributed by atoms with E-state index >= 15 is 0 Å². The number of hydrogen-bond donors (Lipinski definition) is 1. The lowest BCUT2D eigenvalue weighted by Gasteiger charge is -2.19. The van der Waals surface area contributed by atoms with Crippen LogP contribution in [0.15, 0.2) is 29.2 Å². The second kappa shape index (κ2) is 7.53. The normalized spacial score (nSPS) is 13.2. The molecule has 0 bridgehead atoms. The lowest BCUT2D eigenvalue weighted by Crippen LogP contribution is -2.36. The minimum atomic E-state index is -3.76. The average Bonchev–Trinajstić information content (AvgIpc) is 2.45. The maximum Gasteiger partial charge on any atom is 0.321 e. The van der Waals surface area contributed by atoms with E-state index < -0.39 is 22.1 Å². The van der Waals surface area contributed by atoms with Crippen molar-refractivity contribution >= 4 is 16.0 Å². The van der Waals surface area contributed by atoms with E-state index in [9.17, 15) is 18.3 Å². The van der Waals surface area contributed by atoms with E-state index in [-0.39, 0.29) is 24.6 Å². The Kier molecular flexibility index (Phi) is 6.32. The lowest BCUT2D eigenvalue weighted by molar-refractivity contribution is -0.143. The predicted octanol–water partition coefficient (Wildman–Crippen LogP) is 1.31. The van der Waals surface area contributed by atoms with Crippen molar-refractivity contribution in [2.75, 3.05) is 19.7 Å². The molecule has 1 N–H and O–H groups in total. The molecular weight excluding hydrogens is 294 g/mol. The molecule has 0 amide bonds. The minimum Gasteiger partial charge on any atom is -0.465 e. The van der Waals surface area contributed by atoms with Gasteiger partial charge in [-0.05, 0) is 31.5 Å². The highest BCUT2D eigenvalue weighted by atomic mass is 32.2. The number of carbonyl (C=O) groups excluding carboxylic acids is 1. The van der Waals surface area contributed by atoms with Crippen molar-refractivity contribution in [3.8, 4) is 0 Å². The number of esters is 1. The van der Waals surface area contributed by atoms with E-state index in [0.717, 1.165) is 4.31 Å². The number of benzene rings is 1. The summed E-state index contributed by atoms with van der Waals surface area (Å²) < 4.78 is 30.7. The summed E-state index contributed by atoms with van der Waals surface area (Å²) in [4.78, 5) is 11.6. The monoisotopic (exact) mass is 315 g/mol. The maximum atomic E-state index is 12.4. The van der Waals surface area contributed by atoms with Crippen LogP contribution in [0.4, 0.5) is 0 Å². The summed E-state index contributed by atoms with van der Waals surface area (Å²) in [7, 11) is -3.76. The third kappa shape index (κ3) is 4.52. The smallest absolute Gasteiger partial charge is 0.321 e. The third-order valence-electron chi connectivity index (χ3n) is 2.96. The van der Waals surface area contributed by atoms with Gasteiger partial charge in [-0.3, -0.25) is 4.79 Å². The standard InChI is InChI=1S/C14H21NO5S/c1-4-15(10-14(17)20-5-2)21(18,19)13-8-6-12(7-9-13)11(3)16/h6-9,11,16H,4-5,10H2,1-3H3. The van der Waals surface area contributed by atoms with Crippen LogP contribution in [0, 0.1) is 0 Å². The number of nitrogens with zero attached hydrogens (tertiary/aromatic N) is 1. The van der Waals surface area contributed by atoms with Crippen molar-refractivity contribution in [2.45, 2.75) is 31.8 Å². The molecule has 6 nitrogen and oxygen atoms in total. The Balaban J connectivity index is 2.98. The number of aliphatic hydroxyl groups excluding tert-OH is 1. The largest absolute Gasteiger partial charge is 0.465 e. The zero-order valence-electron chi connectivity index (χ0n) is 12.4. The van der Waals surface area contributed by atoms with E-state index in [0.29, 0.717) is 5.56 Å². The van der Waals surface area contributed by atoms with Gasteiger partial charge in [0, 0.05) is 6.54 Å². The average molecular weight is 315 g/mol. The molecule has 0 aliphatic heterocycles. The molecule has 1 aromatic rings. The molecule has 0 aliphatic carbocycles. The van der Waals surface area contributed by atoms with Gasteiger partial charge in [-0.1, -0.05) is 19.1 Å². The molecule has 118 valence electrons. The Morgan fingerprint density at radius 3 is 2.29 bits per heavy atom. The Morgan fingerprint density at radius 2 is 1.86 bits per heavy atom. The zero-order valence-corrected chi connectivity index (χ0v) is 13.3. The quantitative estimate of drug-likeness (QED) is 0.767. The maximum absolute atomic E-state index is 12.4. The highest BCUT2D eigenvalue weighted by Crippen LogP contribution is 2.19. The van der Waals surface area contributed by atoms with Crippen LogP contribution in [0.25, 0.3) is 0 Å². The first-order valence-electron chi connectivity index (χ1n) is 6.76. The summed E-state index contributed by atoms with van der Waals surface area (Å²) in [6, 6.07) is 5.95. The summed E-state index contributed by atoms with van der Waals surface area (Å²) in [5.74, 6) is -0.580. The fourth-order valence-electron chi connectivity index (χ4n) is 1.78. The van der Waals surface area contributed by atoms with Gasteiger partial charge in [-0.25, -0.2) is 8.42 Å². The Morgan fingerprint density at radius 1 is 1.29 bits per heavy atom. The molecule has 0 aliphatic rings. The van der Waals surface area contributed by atoms with Crippen molar-refractivity contribution in [3.63, 3.8) is 0 Å². The van der Waals surface area contributed by atoms with E-state index in [4.69, 9.17) is 4.74 Å². The zero-order chi connectivity index (χ0) is 16.0. The van der Waals surface area contributed by atoms with Crippen LogP contribution in [0.5, 0.6) is 0 Å². The van der Waals surface area contributed by atoms with Gasteiger partial charge >= 0.3 is 5.97 Å².